The second-order valence-electron chi connectivity index (χ2n) is 8.28. The number of nitrogens with one attached hydrogen (secondary N) is 1. The third kappa shape index (κ3) is 3.09. The molecule has 2 aliphatic heterocycles. The Morgan fingerprint density at radius 3 is 2.57 bits per heavy atom. The standard InChI is InChI=1S/C23H24N4O2S/c1-15-3-6-18(7-4-15)27-21(28)23(25-22(27)29)9-11-26(12-10-23)16(2)17-5-8-20-19(13-17)24-14-30-20/h3-8,13-14,16H,9-12H2,1-2H3,(H,25,29)/t16-/m0/s1. The largest absolute Gasteiger partial charge is 0.329 e. The van der Waals surface area contributed by atoms with E-state index in [0.717, 1.165) is 24.2 Å². The first-order valence-corrected chi connectivity index (χ1v) is 11.2. The number of aryl methyl sites for hydroxylation is 1. The highest BCUT2D eigenvalue weighted by Crippen LogP contribution is 2.35. The topological polar surface area (TPSA) is 65.5 Å². The Morgan fingerprint density at radius 1 is 1.10 bits per heavy atom. The first kappa shape index (κ1) is 19.2. The van der Waals surface area contributed by atoms with Gasteiger partial charge in [0.2, 0.25) is 0 Å². The van der Waals surface area contributed by atoms with Gasteiger partial charge in [0.15, 0.2) is 0 Å². The van der Waals surface area contributed by atoms with Crippen molar-refractivity contribution in [2.75, 3.05) is 18.0 Å². The lowest BCUT2D eigenvalue weighted by Gasteiger charge is -2.40. The summed E-state index contributed by atoms with van der Waals surface area (Å²) in [5.41, 5.74) is 5.07. The highest BCUT2D eigenvalue weighted by Gasteiger charge is 2.53. The van der Waals surface area contributed by atoms with Gasteiger partial charge in [0.05, 0.1) is 21.4 Å². The summed E-state index contributed by atoms with van der Waals surface area (Å²) in [6.45, 7) is 5.69. The lowest BCUT2D eigenvalue weighted by Crippen LogP contribution is -2.55. The van der Waals surface area contributed by atoms with E-state index in [4.69, 9.17) is 0 Å². The smallest absolute Gasteiger partial charge is 0.323 e. The van der Waals surface area contributed by atoms with Crippen molar-refractivity contribution in [2.24, 2.45) is 0 Å². The minimum Gasteiger partial charge on any atom is -0.323 e. The number of fused-ring (bicyclic) bond motifs is 1. The molecule has 0 aliphatic carbocycles. The first-order valence-electron chi connectivity index (χ1n) is 10.3. The van der Waals surface area contributed by atoms with Gasteiger partial charge in [-0.15, -0.1) is 11.3 Å². The molecule has 1 atom stereocenters. The zero-order valence-electron chi connectivity index (χ0n) is 17.1. The van der Waals surface area contributed by atoms with Crippen molar-refractivity contribution >= 4 is 39.2 Å². The number of likely N-dealkylation sites (tertiary alicyclic amines) is 1. The van der Waals surface area contributed by atoms with Gasteiger partial charge >= 0.3 is 6.03 Å². The van der Waals surface area contributed by atoms with Crippen molar-refractivity contribution in [1.29, 1.82) is 0 Å². The number of amides is 3. The van der Waals surface area contributed by atoms with E-state index >= 15 is 0 Å². The van der Waals surface area contributed by atoms with Crippen molar-refractivity contribution in [2.45, 2.75) is 38.3 Å². The molecule has 0 unspecified atom stereocenters. The van der Waals surface area contributed by atoms with Crippen LogP contribution in [-0.4, -0.2) is 40.5 Å². The van der Waals surface area contributed by atoms with Gasteiger partial charge in [0.25, 0.3) is 5.91 Å². The predicted molar refractivity (Wildman–Crippen MR) is 119 cm³/mol. The van der Waals surface area contributed by atoms with Crippen LogP contribution in [0.25, 0.3) is 10.2 Å². The van der Waals surface area contributed by atoms with Gasteiger partial charge in [0.1, 0.15) is 5.54 Å². The highest BCUT2D eigenvalue weighted by molar-refractivity contribution is 7.16. The van der Waals surface area contributed by atoms with Crippen LogP contribution in [-0.2, 0) is 4.79 Å². The Bertz CT molecular complexity index is 1120. The van der Waals surface area contributed by atoms with Gasteiger partial charge in [-0.25, -0.2) is 14.7 Å². The number of hydrogen-bond acceptors (Lipinski definition) is 5. The van der Waals surface area contributed by atoms with Crippen LogP contribution in [0.15, 0.2) is 48.0 Å². The molecule has 0 saturated carbocycles. The van der Waals surface area contributed by atoms with E-state index < -0.39 is 5.54 Å². The van der Waals surface area contributed by atoms with Crippen molar-refractivity contribution in [3.05, 3.63) is 59.1 Å². The zero-order chi connectivity index (χ0) is 20.9. The average Bonchev–Trinajstić information content (AvgIpc) is 3.31. The van der Waals surface area contributed by atoms with E-state index in [0.29, 0.717) is 18.5 Å². The SMILES string of the molecule is Cc1ccc(N2C(=O)NC3(CCN([C@@H](C)c4ccc5scnc5c4)CC3)C2=O)cc1. The number of aromatic nitrogens is 1. The van der Waals surface area contributed by atoms with Crippen LogP contribution in [0.3, 0.4) is 0 Å². The monoisotopic (exact) mass is 420 g/mol. The molecule has 3 heterocycles. The number of piperidine rings is 1. The average molecular weight is 421 g/mol. The van der Waals surface area contributed by atoms with Crippen molar-refractivity contribution in [3.63, 3.8) is 0 Å². The first-order chi connectivity index (χ1) is 14.5. The van der Waals surface area contributed by atoms with Gasteiger partial charge in [-0.2, -0.15) is 0 Å². The third-order valence-electron chi connectivity index (χ3n) is 6.49. The quantitative estimate of drug-likeness (QED) is 0.643. The second-order valence-corrected chi connectivity index (χ2v) is 9.17. The predicted octanol–water partition coefficient (Wildman–Crippen LogP) is 4.26. The van der Waals surface area contributed by atoms with Crippen molar-refractivity contribution < 1.29 is 9.59 Å². The Hall–Kier alpha value is -2.77. The molecule has 5 rings (SSSR count). The second kappa shape index (κ2) is 7.18. The van der Waals surface area contributed by atoms with Crippen LogP contribution in [0.4, 0.5) is 10.5 Å². The van der Waals surface area contributed by atoms with E-state index in [1.54, 1.807) is 11.3 Å². The number of carbonyl (C=O) groups is 2. The number of benzene rings is 2. The Balaban J connectivity index is 1.31. The van der Waals surface area contributed by atoms with Crippen LogP contribution >= 0.6 is 11.3 Å². The summed E-state index contributed by atoms with van der Waals surface area (Å²) in [5.74, 6) is -0.132. The molecule has 1 N–H and O–H groups in total. The van der Waals surface area contributed by atoms with Crippen LogP contribution in [0, 0.1) is 6.92 Å². The summed E-state index contributed by atoms with van der Waals surface area (Å²) in [6.07, 6.45) is 1.23. The molecular formula is C23H24N4O2S. The van der Waals surface area contributed by atoms with E-state index in [1.165, 1.54) is 15.2 Å². The molecule has 3 aromatic rings. The molecule has 154 valence electrons. The summed E-state index contributed by atoms with van der Waals surface area (Å²) >= 11 is 1.65. The lowest BCUT2D eigenvalue weighted by molar-refractivity contribution is -0.124. The van der Waals surface area contributed by atoms with Gasteiger partial charge in [0, 0.05) is 19.1 Å². The molecule has 6 nitrogen and oxygen atoms in total. The summed E-state index contributed by atoms with van der Waals surface area (Å²) in [5, 5.41) is 3.00. The summed E-state index contributed by atoms with van der Waals surface area (Å²) < 4.78 is 1.19. The molecule has 1 spiro atoms. The molecule has 30 heavy (non-hydrogen) atoms. The maximum atomic E-state index is 13.3. The van der Waals surface area contributed by atoms with Gasteiger partial charge in [-0.05, 0) is 56.5 Å². The minimum absolute atomic E-state index is 0.132. The fourth-order valence-electron chi connectivity index (χ4n) is 4.53. The Morgan fingerprint density at radius 2 is 1.83 bits per heavy atom. The van der Waals surface area contributed by atoms with E-state index in [1.807, 2.05) is 36.7 Å². The number of imide groups is 1. The number of nitrogens with zero attached hydrogens (tertiary/aromatic N) is 3. The zero-order valence-corrected chi connectivity index (χ0v) is 17.9. The van der Waals surface area contributed by atoms with Crippen molar-refractivity contribution in [3.8, 4) is 0 Å². The van der Waals surface area contributed by atoms with E-state index in [2.05, 4.69) is 40.3 Å². The van der Waals surface area contributed by atoms with Crippen LogP contribution < -0.4 is 10.2 Å². The number of hydrogen-bond donors (Lipinski definition) is 1. The Labute approximate surface area is 179 Å². The molecule has 0 bridgehead atoms. The molecule has 7 heteroatoms. The van der Waals surface area contributed by atoms with Gasteiger partial charge in [-0.3, -0.25) is 9.69 Å². The van der Waals surface area contributed by atoms with Crippen LogP contribution in [0.1, 0.15) is 36.9 Å². The molecule has 2 aromatic carbocycles. The molecule has 1 aromatic heterocycles. The van der Waals surface area contributed by atoms with E-state index in [9.17, 15) is 9.59 Å². The lowest BCUT2D eigenvalue weighted by atomic mass is 9.86. The van der Waals surface area contributed by atoms with Gasteiger partial charge < -0.3 is 5.32 Å². The third-order valence-corrected chi connectivity index (χ3v) is 7.30. The maximum absolute atomic E-state index is 13.3. The minimum atomic E-state index is -0.795. The fourth-order valence-corrected chi connectivity index (χ4v) is 5.18. The summed E-state index contributed by atoms with van der Waals surface area (Å²) in [4.78, 5) is 34.0. The molecular weight excluding hydrogens is 396 g/mol. The normalized spacial score (nSPS) is 20.1. The van der Waals surface area contributed by atoms with Crippen LogP contribution in [0.2, 0.25) is 0 Å². The summed E-state index contributed by atoms with van der Waals surface area (Å²) in [7, 11) is 0. The number of carbonyl (C=O) groups excluding carboxylic acids is 2. The van der Waals surface area contributed by atoms with Crippen molar-refractivity contribution in [1.82, 2.24) is 15.2 Å². The van der Waals surface area contributed by atoms with E-state index in [-0.39, 0.29) is 18.0 Å². The number of urea groups is 1. The summed E-state index contributed by atoms with van der Waals surface area (Å²) in [6, 6.07) is 13.9. The number of rotatable bonds is 3. The number of thiazole rings is 1. The van der Waals surface area contributed by atoms with Gasteiger partial charge in [-0.1, -0.05) is 23.8 Å². The maximum Gasteiger partial charge on any atom is 0.329 e. The number of anilines is 1. The Kier molecular flexibility index (Phi) is 4.60. The molecule has 2 aliphatic rings. The molecule has 3 amide bonds. The molecule has 0 radical (unpaired) electrons. The highest BCUT2D eigenvalue weighted by atomic mass is 32.1. The molecule has 2 fully saturated rings. The molecule has 2 saturated heterocycles. The fraction of sp³-hybridized carbons (Fsp3) is 0.348. The van der Waals surface area contributed by atoms with Crippen LogP contribution in [0.5, 0.6) is 0 Å².